The normalized spacial score (nSPS) is 23.0. The van der Waals surface area contributed by atoms with Crippen LogP contribution in [-0.2, 0) is 4.74 Å². The largest absolute Gasteiger partial charge is 0.497 e. The van der Waals surface area contributed by atoms with E-state index in [2.05, 4.69) is 5.32 Å². The first-order valence-corrected chi connectivity index (χ1v) is 6.44. The van der Waals surface area contributed by atoms with Crippen LogP contribution < -0.4 is 10.1 Å². The molecule has 0 unspecified atom stereocenters. The highest BCUT2D eigenvalue weighted by atomic mass is 16.5. The van der Waals surface area contributed by atoms with Crippen LogP contribution in [0.25, 0.3) is 0 Å². The molecule has 19 heavy (non-hydrogen) atoms. The van der Waals surface area contributed by atoms with E-state index in [1.807, 2.05) is 38.1 Å². The third-order valence-corrected chi connectivity index (χ3v) is 3.05. The number of anilines is 1. The maximum atomic E-state index is 12.1. The summed E-state index contributed by atoms with van der Waals surface area (Å²) in [7, 11) is 1.62. The van der Waals surface area contributed by atoms with Gasteiger partial charge < -0.3 is 19.7 Å². The standard InChI is InChI=1S/C14H20N2O3/c1-10-8-16(9-11(2)19-10)14(17)15-12-4-6-13(18-3)7-5-12/h4-7,10-11H,8-9H2,1-3H3,(H,15,17)/t10-,11-/m1/s1. The molecular weight excluding hydrogens is 244 g/mol. The first kappa shape index (κ1) is 13.7. The van der Waals surface area contributed by atoms with Gasteiger partial charge in [-0.1, -0.05) is 0 Å². The van der Waals surface area contributed by atoms with Crippen molar-refractivity contribution in [2.75, 3.05) is 25.5 Å². The molecule has 1 heterocycles. The summed E-state index contributed by atoms with van der Waals surface area (Å²) in [6.07, 6.45) is 0.149. The lowest BCUT2D eigenvalue weighted by atomic mass is 10.2. The van der Waals surface area contributed by atoms with Crippen molar-refractivity contribution >= 4 is 11.7 Å². The Balaban J connectivity index is 1.96. The summed E-state index contributed by atoms with van der Waals surface area (Å²) in [6.45, 7) is 5.19. The van der Waals surface area contributed by atoms with Crippen LogP contribution in [0, 0.1) is 0 Å². The molecule has 5 nitrogen and oxygen atoms in total. The third-order valence-electron chi connectivity index (χ3n) is 3.05. The highest BCUT2D eigenvalue weighted by molar-refractivity contribution is 5.89. The minimum Gasteiger partial charge on any atom is -0.497 e. The average molecular weight is 264 g/mol. The number of carbonyl (C=O) groups excluding carboxylic acids is 1. The van der Waals surface area contributed by atoms with Gasteiger partial charge in [0, 0.05) is 18.8 Å². The van der Waals surface area contributed by atoms with Crippen LogP contribution in [0.5, 0.6) is 5.75 Å². The molecule has 1 aromatic carbocycles. The summed E-state index contributed by atoms with van der Waals surface area (Å²) in [5.74, 6) is 0.770. The van der Waals surface area contributed by atoms with Gasteiger partial charge in [0.2, 0.25) is 0 Å². The van der Waals surface area contributed by atoms with Crippen LogP contribution in [0.2, 0.25) is 0 Å². The van der Waals surface area contributed by atoms with Crippen molar-refractivity contribution in [3.63, 3.8) is 0 Å². The topological polar surface area (TPSA) is 50.8 Å². The highest BCUT2D eigenvalue weighted by Crippen LogP contribution is 2.17. The average Bonchev–Trinajstić information content (AvgIpc) is 2.38. The third kappa shape index (κ3) is 3.61. The summed E-state index contributed by atoms with van der Waals surface area (Å²) < 4.78 is 10.7. The summed E-state index contributed by atoms with van der Waals surface area (Å²) in [5.41, 5.74) is 0.762. The minimum absolute atomic E-state index is 0.0744. The fourth-order valence-electron chi connectivity index (χ4n) is 2.22. The van der Waals surface area contributed by atoms with E-state index in [0.717, 1.165) is 11.4 Å². The van der Waals surface area contributed by atoms with Crippen molar-refractivity contribution in [2.24, 2.45) is 0 Å². The molecule has 0 radical (unpaired) electrons. The number of methoxy groups -OCH3 is 1. The Hall–Kier alpha value is -1.75. The predicted octanol–water partition coefficient (Wildman–Crippen LogP) is 2.34. The highest BCUT2D eigenvalue weighted by Gasteiger charge is 2.25. The van der Waals surface area contributed by atoms with Crippen molar-refractivity contribution in [1.82, 2.24) is 4.90 Å². The van der Waals surface area contributed by atoms with Gasteiger partial charge in [-0.25, -0.2) is 4.79 Å². The zero-order chi connectivity index (χ0) is 13.8. The molecule has 1 aliphatic heterocycles. The number of nitrogens with zero attached hydrogens (tertiary/aromatic N) is 1. The van der Waals surface area contributed by atoms with Gasteiger partial charge >= 0.3 is 6.03 Å². The Morgan fingerprint density at radius 3 is 2.37 bits per heavy atom. The molecule has 2 amide bonds. The Morgan fingerprint density at radius 2 is 1.84 bits per heavy atom. The van der Waals surface area contributed by atoms with Gasteiger partial charge in [-0.2, -0.15) is 0 Å². The Bertz CT molecular complexity index is 423. The maximum absolute atomic E-state index is 12.1. The van der Waals surface area contributed by atoms with Crippen molar-refractivity contribution in [2.45, 2.75) is 26.1 Å². The number of hydrogen-bond acceptors (Lipinski definition) is 3. The van der Waals surface area contributed by atoms with Gasteiger partial charge in [0.1, 0.15) is 5.75 Å². The number of carbonyl (C=O) groups is 1. The fourth-order valence-corrected chi connectivity index (χ4v) is 2.22. The first-order valence-electron chi connectivity index (χ1n) is 6.44. The number of benzene rings is 1. The monoisotopic (exact) mass is 264 g/mol. The lowest BCUT2D eigenvalue weighted by molar-refractivity contribution is -0.0530. The molecule has 2 rings (SSSR count). The van der Waals surface area contributed by atoms with E-state index in [1.54, 1.807) is 12.0 Å². The van der Waals surface area contributed by atoms with Crippen molar-refractivity contribution in [1.29, 1.82) is 0 Å². The fraction of sp³-hybridized carbons (Fsp3) is 0.500. The second kappa shape index (κ2) is 5.93. The molecule has 5 heteroatoms. The van der Waals surface area contributed by atoms with Gasteiger partial charge in [-0.15, -0.1) is 0 Å². The van der Waals surface area contributed by atoms with E-state index in [-0.39, 0.29) is 18.2 Å². The molecule has 0 aliphatic carbocycles. The molecule has 1 fully saturated rings. The lowest BCUT2D eigenvalue weighted by Gasteiger charge is -2.35. The van der Waals surface area contributed by atoms with Gasteiger partial charge in [-0.05, 0) is 38.1 Å². The van der Waals surface area contributed by atoms with Crippen LogP contribution in [0.1, 0.15) is 13.8 Å². The van der Waals surface area contributed by atoms with Crippen molar-refractivity contribution < 1.29 is 14.3 Å². The molecule has 0 bridgehead atoms. The number of hydrogen-bond donors (Lipinski definition) is 1. The van der Waals surface area contributed by atoms with Crippen molar-refractivity contribution in [3.8, 4) is 5.75 Å². The van der Waals surface area contributed by atoms with Gasteiger partial charge in [0.25, 0.3) is 0 Å². The second-order valence-corrected chi connectivity index (χ2v) is 4.82. The summed E-state index contributed by atoms with van der Waals surface area (Å²) in [4.78, 5) is 13.9. The predicted molar refractivity (Wildman–Crippen MR) is 73.6 cm³/mol. The molecule has 1 saturated heterocycles. The van der Waals surface area contributed by atoms with E-state index in [0.29, 0.717) is 13.1 Å². The number of ether oxygens (including phenoxy) is 2. The number of urea groups is 1. The van der Waals surface area contributed by atoms with Gasteiger partial charge in [-0.3, -0.25) is 0 Å². The number of amides is 2. The molecule has 0 aromatic heterocycles. The van der Waals surface area contributed by atoms with E-state index in [9.17, 15) is 4.79 Å². The van der Waals surface area contributed by atoms with Crippen LogP contribution in [0.15, 0.2) is 24.3 Å². The van der Waals surface area contributed by atoms with Crippen LogP contribution in [-0.4, -0.2) is 43.3 Å². The van der Waals surface area contributed by atoms with Crippen LogP contribution >= 0.6 is 0 Å². The summed E-state index contributed by atoms with van der Waals surface area (Å²) >= 11 is 0. The Labute approximate surface area is 113 Å². The van der Waals surface area contributed by atoms with E-state index in [1.165, 1.54) is 0 Å². The molecule has 104 valence electrons. The molecule has 1 N–H and O–H groups in total. The molecule has 2 atom stereocenters. The summed E-state index contributed by atoms with van der Waals surface area (Å²) in [5, 5.41) is 2.88. The quantitative estimate of drug-likeness (QED) is 0.892. The van der Waals surface area contributed by atoms with Crippen LogP contribution in [0.3, 0.4) is 0 Å². The molecule has 0 saturated carbocycles. The Morgan fingerprint density at radius 1 is 1.26 bits per heavy atom. The molecule has 1 aliphatic rings. The van der Waals surface area contributed by atoms with Gasteiger partial charge in [0.15, 0.2) is 0 Å². The number of rotatable bonds is 2. The Kier molecular flexibility index (Phi) is 4.27. The second-order valence-electron chi connectivity index (χ2n) is 4.82. The maximum Gasteiger partial charge on any atom is 0.322 e. The molecule has 0 spiro atoms. The van der Waals surface area contributed by atoms with E-state index in [4.69, 9.17) is 9.47 Å². The van der Waals surface area contributed by atoms with E-state index >= 15 is 0 Å². The minimum atomic E-state index is -0.0906. The zero-order valence-electron chi connectivity index (χ0n) is 11.6. The number of nitrogens with one attached hydrogen (secondary N) is 1. The van der Waals surface area contributed by atoms with E-state index < -0.39 is 0 Å². The number of morpholine rings is 1. The summed E-state index contributed by atoms with van der Waals surface area (Å²) in [6, 6.07) is 7.20. The van der Waals surface area contributed by atoms with Crippen molar-refractivity contribution in [3.05, 3.63) is 24.3 Å². The van der Waals surface area contributed by atoms with Gasteiger partial charge in [0.05, 0.1) is 19.3 Å². The molecule has 1 aromatic rings. The SMILES string of the molecule is COc1ccc(NC(=O)N2C[C@@H](C)O[C@H](C)C2)cc1. The first-order chi connectivity index (χ1) is 9.08. The zero-order valence-corrected chi connectivity index (χ0v) is 11.6. The van der Waals surface area contributed by atoms with Crippen LogP contribution in [0.4, 0.5) is 10.5 Å². The lowest BCUT2D eigenvalue weighted by Crippen LogP contribution is -2.49. The smallest absolute Gasteiger partial charge is 0.322 e. The molecular formula is C14H20N2O3.